The van der Waals surface area contributed by atoms with E-state index in [-0.39, 0.29) is 32.2 Å². The van der Waals surface area contributed by atoms with E-state index in [1.54, 1.807) is 0 Å². The monoisotopic (exact) mass is 682 g/mol. The lowest BCUT2D eigenvalue weighted by molar-refractivity contribution is -0.386. The molecule has 8 heteroatoms. The number of hydrogen-bond donors (Lipinski definition) is 0. The summed E-state index contributed by atoms with van der Waals surface area (Å²) >= 11 is 0. The van der Waals surface area contributed by atoms with Crippen LogP contribution >= 0.6 is 0 Å². The first-order chi connectivity index (χ1) is 24.6. The minimum atomic E-state index is -1.34. The molecule has 1 heterocycles. The molecule has 1 aliphatic heterocycles. The Hall–Kier alpha value is -3.89. The van der Waals surface area contributed by atoms with Crippen molar-refractivity contribution >= 4 is 5.97 Å². The van der Waals surface area contributed by atoms with Crippen molar-refractivity contribution < 1.29 is 38.0 Å². The lowest BCUT2D eigenvalue weighted by Gasteiger charge is -2.52. The Morgan fingerprint density at radius 2 is 1.12 bits per heavy atom. The van der Waals surface area contributed by atoms with Gasteiger partial charge in [-0.1, -0.05) is 135 Å². The zero-order valence-electron chi connectivity index (χ0n) is 29.2. The van der Waals surface area contributed by atoms with E-state index in [2.05, 4.69) is 6.92 Å². The summed E-state index contributed by atoms with van der Waals surface area (Å²) in [5.74, 6) is -1.72. The minimum absolute atomic E-state index is 0.0746. The summed E-state index contributed by atoms with van der Waals surface area (Å²) in [5, 5.41) is 0. The van der Waals surface area contributed by atoms with E-state index in [0.29, 0.717) is 26.4 Å². The summed E-state index contributed by atoms with van der Waals surface area (Å²) < 4.78 is 46.1. The molecule has 8 nitrogen and oxygen atoms in total. The summed E-state index contributed by atoms with van der Waals surface area (Å²) in [6.45, 7) is 5.53. The Kier molecular flexibility index (Phi) is 15.0. The number of unbranched alkanes of at least 4 members (excludes halogenated alkanes) is 1. The number of rotatable bonds is 20. The molecule has 1 fully saturated rings. The van der Waals surface area contributed by atoms with Gasteiger partial charge >= 0.3 is 5.97 Å². The largest absolute Gasteiger partial charge is 0.466 e. The zero-order chi connectivity index (χ0) is 34.9. The Morgan fingerprint density at radius 3 is 1.62 bits per heavy atom. The maximum atomic E-state index is 12.0. The Bertz CT molecular complexity index is 1500. The predicted octanol–water partition coefficient (Wildman–Crippen LogP) is 7.82. The molecule has 0 amide bonds. The summed E-state index contributed by atoms with van der Waals surface area (Å²) in [6.07, 6.45) is -0.670. The van der Waals surface area contributed by atoms with Gasteiger partial charge < -0.3 is 33.2 Å². The average molecular weight is 683 g/mol. The van der Waals surface area contributed by atoms with Crippen molar-refractivity contribution in [2.75, 3.05) is 19.8 Å². The van der Waals surface area contributed by atoms with E-state index in [4.69, 9.17) is 33.2 Å². The predicted molar refractivity (Wildman–Crippen MR) is 191 cm³/mol. The van der Waals surface area contributed by atoms with Crippen LogP contribution in [-0.4, -0.2) is 56.0 Å². The molecule has 1 aliphatic rings. The lowest BCUT2D eigenvalue weighted by Crippen LogP contribution is -2.68. The van der Waals surface area contributed by atoms with Crippen LogP contribution in [0.2, 0.25) is 0 Å². The number of ether oxygens (including phenoxy) is 7. The van der Waals surface area contributed by atoms with Crippen LogP contribution in [0, 0.1) is 0 Å². The molecule has 1 saturated heterocycles. The summed E-state index contributed by atoms with van der Waals surface area (Å²) in [4.78, 5) is 12.0. The average Bonchev–Trinajstić information content (AvgIpc) is 3.15. The first-order valence-corrected chi connectivity index (χ1v) is 17.6. The highest BCUT2D eigenvalue weighted by Gasteiger charge is 2.57. The molecule has 0 saturated carbocycles. The van der Waals surface area contributed by atoms with Crippen LogP contribution in [0.4, 0.5) is 0 Å². The van der Waals surface area contributed by atoms with Crippen LogP contribution in [0.1, 0.15) is 55.4 Å². The van der Waals surface area contributed by atoms with Crippen molar-refractivity contribution in [3.63, 3.8) is 0 Å². The van der Waals surface area contributed by atoms with E-state index in [1.807, 2.05) is 121 Å². The van der Waals surface area contributed by atoms with Crippen LogP contribution < -0.4 is 0 Å². The van der Waals surface area contributed by atoms with Gasteiger partial charge in [-0.05, 0) is 28.7 Å². The highest BCUT2D eigenvalue weighted by atomic mass is 16.7. The first kappa shape index (κ1) is 37.4. The molecule has 0 aromatic heterocycles. The standard InChI is InChI=1S/C42H50O8/c1-3-4-26-49-42(25-27-45-33(2)43)41(48-31-37-23-15-8-16-24-37)40(47-30-36-21-13-7-14-22-36)39(46-29-35-19-11-6-12-20-35)38(50-42)32-44-28-34-17-9-5-10-18-34/h5-24,38-41H,3-4,25-32H2,1-2H3/t38-,39+,40+,41-,42+/m1/s1. The molecule has 266 valence electrons. The SMILES string of the molecule is CCCCO[C@@]1(CCOC(C)=O)O[C@H](COCc2ccccc2)[C@H](OCc2ccccc2)[C@H](OCc2ccccc2)[C@H]1OCc1ccccc1. The van der Waals surface area contributed by atoms with Crippen LogP contribution in [0.3, 0.4) is 0 Å². The Labute approximate surface area is 296 Å². The fourth-order valence-electron chi connectivity index (χ4n) is 6.04. The molecule has 0 radical (unpaired) electrons. The molecule has 4 aromatic rings. The van der Waals surface area contributed by atoms with Gasteiger partial charge in [0.15, 0.2) is 0 Å². The molecule has 0 aliphatic carbocycles. The third-order valence-corrected chi connectivity index (χ3v) is 8.61. The lowest BCUT2D eigenvalue weighted by atomic mass is 9.89. The van der Waals surface area contributed by atoms with Crippen molar-refractivity contribution in [3.8, 4) is 0 Å². The highest BCUT2D eigenvalue weighted by molar-refractivity contribution is 5.65. The number of carbonyl (C=O) groups is 1. The van der Waals surface area contributed by atoms with E-state index >= 15 is 0 Å². The van der Waals surface area contributed by atoms with Crippen molar-refractivity contribution in [1.82, 2.24) is 0 Å². The van der Waals surface area contributed by atoms with E-state index in [0.717, 1.165) is 35.1 Å². The zero-order valence-corrected chi connectivity index (χ0v) is 29.2. The summed E-state index contributed by atoms with van der Waals surface area (Å²) in [5.41, 5.74) is 4.07. The smallest absolute Gasteiger partial charge is 0.302 e. The van der Waals surface area contributed by atoms with Gasteiger partial charge in [0.2, 0.25) is 5.79 Å². The van der Waals surface area contributed by atoms with Gasteiger partial charge in [0.1, 0.15) is 24.4 Å². The molecule has 5 atom stereocenters. The van der Waals surface area contributed by atoms with Gasteiger partial charge in [0.05, 0.1) is 46.2 Å². The van der Waals surface area contributed by atoms with Gasteiger partial charge in [-0.3, -0.25) is 4.79 Å². The van der Waals surface area contributed by atoms with Gasteiger partial charge in [-0.2, -0.15) is 0 Å². The van der Waals surface area contributed by atoms with Crippen LogP contribution in [0.25, 0.3) is 0 Å². The second-order valence-corrected chi connectivity index (χ2v) is 12.5. The molecular formula is C42H50O8. The number of esters is 1. The normalized spacial score (nSPS) is 21.9. The molecule has 0 N–H and O–H groups in total. The maximum Gasteiger partial charge on any atom is 0.302 e. The third kappa shape index (κ3) is 11.3. The van der Waals surface area contributed by atoms with Crippen molar-refractivity contribution in [1.29, 1.82) is 0 Å². The second kappa shape index (κ2) is 20.1. The fraction of sp³-hybridized carbons (Fsp3) is 0.405. The maximum absolute atomic E-state index is 12.0. The summed E-state index contributed by atoms with van der Waals surface area (Å²) in [6, 6.07) is 40.1. The van der Waals surface area contributed by atoms with Crippen molar-refractivity contribution in [2.45, 2.75) is 89.7 Å². The minimum Gasteiger partial charge on any atom is -0.466 e. The highest BCUT2D eigenvalue weighted by Crippen LogP contribution is 2.40. The first-order valence-electron chi connectivity index (χ1n) is 17.6. The van der Waals surface area contributed by atoms with Crippen molar-refractivity contribution in [3.05, 3.63) is 144 Å². The fourth-order valence-corrected chi connectivity index (χ4v) is 6.04. The molecule has 5 rings (SSSR count). The molecule has 0 spiro atoms. The van der Waals surface area contributed by atoms with E-state index < -0.39 is 30.2 Å². The van der Waals surface area contributed by atoms with Crippen LogP contribution in [0.15, 0.2) is 121 Å². The number of hydrogen-bond acceptors (Lipinski definition) is 8. The Morgan fingerprint density at radius 1 is 0.640 bits per heavy atom. The Balaban J connectivity index is 1.53. The number of benzene rings is 4. The van der Waals surface area contributed by atoms with Crippen LogP contribution in [0.5, 0.6) is 0 Å². The molecule has 0 bridgehead atoms. The topological polar surface area (TPSA) is 81.7 Å². The van der Waals surface area contributed by atoms with Gasteiger partial charge in [0, 0.05) is 13.3 Å². The van der Waals surface area contributed by atoms with Gasteiger partial charge in [-0.25, -0.2) is 0 Å². The molecule has 50 heavy (non-hydrogen) atoms. The third-order valence-electron chi connectivity index (χ3n) is 8.61. The second-order valence-electron chi connectivity index (χ2n) is 12.5. The molecule has 4 aromatic carbocycles. The van der Waals surface area contributed by atoms with E-state index in [9.17, 15) is 4.79 Å². The molecule has 0 unspecified atom stereocenters. The summed E-state index contributed by atoms with van der Waals surface area (Å²) in [7, 11) is 0. The molecular weight excluding hydrogens is 632 g/mol. The number of carbonyl (C=O) groups excluding carboxylic acids is 1. The van der Waals surface area contributed by atoms with Gasteiger partial charge in [-0.15, -0.1) is 0 Å². The quantitative estimate of drug-likeness (QED) is 0.0690. The van der Waals surface area contributed by atoms with Gasteiger partial charge in [0.25, 0.3) is 0 Å². The van der Waals surface area contributed by atoms with Crippen LogP contribution in [-0.2, 0) is 64.4 Å². The van der Waals surface area contributed by atoms with Crippen molar-refractivity contribution in [2.24, 2.45) is 0 Å². The van der Waals surface area contributed by atoms with E-state index in [1.165, 1.54) is 6.92 Å².